The van der Waals surface area contributed by atoms with E-state index in [2.05, 4.69) is 29.1 Å². The molecule has 0 bridgehead atoms. The van der Waals surface area contributed by atoms with E-state index in [0.717, 1.165) is 30.9 Å². The van der Waals surface area contributed by atoms with Crippen LogP contribution in [0.4, 0.5) is 0 Å². The van der Waals surface area contributed by atoms with Crippen molar-refractivity contribution < 1.29 is 9.21 Å². The first kappa shape index (κ1) is 17.4. The maximum Gasteiger partial charge on any atom is 0.284 e. The molecule has 1 unspecified atom stereocenters. The molecule has 3 N–H and O–H groups in total. The first-order valence-electron chi connectivity index (χ1n) is 8.43. The number of amides is 1. The average molecular weight is 320 g/mol. The number of likely N-dealkylation sites (tertiary alicyclic amines) is 1. The number of rotatable bonds is 6. The van der Waals surface area contributed by atoms with Crippen LogP contribution in [-0.4, -0.2) is 36.9 Å². The van der Waals surface area contributed by atoms with Crippen molar-refractivity contribution in [2.45, 2.75) is 39.7 Å². The molecule has 2 heterocycles. The molecule has 1 aliphatic rings. The van der Waals surface area contributed by atoms with Crippen molar-refractivity contribution in [2.75, 3.05) is 20.1 Å². The van der Waals surface area contributed by atoms with Crippen LogP contribution in [0.3, 0.4) is 0 Å². The summed E-state index contributed by atoms with van der Waals surface area (Å²) in [4.78, 5) is 17.7. The van der Waals surface area contributed by atoms with E-state index >= 15 is 0 Å². The highest BCUT2D eigenvalue weighted by Gasteiger charge is 2.29. The van der Waals surface area contributed by atoms with Crippen LogP contribution >= 0.6 is 0 Å². The molecule has 1 fully saturated rings. The smallest absolute Gasteiger partial charge is 0.284 e. The quantitative estimate of drug-likeness (QED) is 0.622. The lowest BCUT2D eigenvalue weighted by molar-refractivity contribution is 0.0972. The van der Waals surface area contributed by atoms with Crippen molar-refractivity contribution >= 4 is 11.9 Å². The van der Waals surface area contributed by atoms with Crippen LogP contribution in [0, 0.1) is 11.8 Å². The molecule has 0 spiro atoms. The summed E-state index contributed by atoms with van der Waals surface area (Å²) in [5.74, 6) is 2.74. The van der Waals surface area contributed by atoms with Gasteiger partial charge in [-0.05, 0) is 30.4 Å². The highest BCUT2D eigenvalue weighted by atomic mass is 16.3. The lowest BCUT2D eigenvalue weighted by Gasteiger charge is -2.24. The Labute approximate surface area is 138 Å². The molecule has 0 radical (unpaired) electrons. The third-order valence-electron chi connectivity index (χ3n) is 4.78. The van der Waals surface area contributed by atoms with Gasteiger partial charge in [-0.15, -0.1) is 0 Å². The SMILES string of the molecule is CCC(CC)C1CCN(C(=NC)NCc2ccc(C(N)=O)o2)C1. The molecule has 0 saturated carbocycles. The van der Waals surface area contributed by atoms with Gasteiger partial charge in [0.05, 0.1) is 6.54 Å². The van der Waals surface area contributed by atoms with Crippen LogP contribution in [0.25, 0.3) is 0 Å². The molecule has 1 aromatic heterocycles. The third kappa shape index (κ3) is 4.27. The summed E-state index contributed by atoms with van der Waals surface area (Å²) < 4.78 is 5.39. The molecule has 0 aliphatic carbocycles. The van der Waals surface area contributed by atoms with Crippen LogP contribution in [0.15, 0.2) is 21.5 Å². The van der Waals surface area contributed by atoms with Gasteiger partial charge in [-0.25, -0.2) is 0 Å². The second-order valence-electron chi connectivity index (χ2n) is 6.10. The minimum absolute atomic E-state index is 0.187. The molecule has 6 nitrogen and oxygen atoms in total. The Balaban J connectivity index is 1.89. The van der Waals surface area contributed by atoms with E-state index in [-0.39, 0.29) is 5.76 Å². The fraction of sp³-hybridized carbons (Fsp3) is 0.647. The minimum atomic E-state index is -0.548. The summed E-state index contributed by atoms with van der Waals surface area (Å²) in [6.45, 7) is 7.13. The Morgan fingerprint density at radius 1 is 1.48 bits per heavy atom. The van der Waals surface area contributed by atoms with E-state index in [1.54, 1.807) is 19.2 Å². The zero-order chi connectivity index (χ0) is 16.8. The Hall–Kier alpha value is -1.98. The van der Waals surface area contributed by atoms with Gasteiger partial charge in [0.1, 0.15) is 5.76 Å². The maximum absolute atomic E-state index is 11.1. The van der Waals surface area contributed by atoms with E-state index in [4.69, 9.17) is 10.2 Å². The fourth-order valence-electron chi connectivity index (χ4n) is 3.42. The summed E-state index contributed by atoms with van der Waals surface area (Å²) >= 11 is 0. The summed E-state index contributed by atoms with van der Waals surface area (Å²) in [5.41, 5.74) is 5.19. The van der Waals surface area contributed by atoms with Gasteiger partial charge < -0.3 is 20.4 Å². The second kappa shape index (κ2) is 8.04. The molecular weight excluding hydrogens is 292 g/mol. The number of carbonyl (C=O) groups excluding carboxylic acids is 1. The van der Waals surface area contributed by atoms with Gasteiger partial charge in [-0.1, -0.05) is 26.7 Å². The molecule has 23 heavy (non-hydrogen) atoms. The van der Waals surface area contributed by atoms with Crippen molar-refractivity contribution in [3.63, 3.8) is 0 Å². The monoisotopic (exact) mass is 320 g/mol. The molecule has 0 aromatic carbocycles. The number of primary amides is 1. The van der Waals surface area contributed by atoms with Gasteiger partial charge in [-0.3, -0.25) is 9.79 Å². The Morgan fingerprint density at radius 2 is 2.22 bits per heavy atom. The number of nitrogens with two attached hydrogens (primary N) is 1. The number of nitrogens with one attached hydrogen (secondary N) is 1. The normalized spacial score (nSPS) is 18.7. The van der Waals surface area contributed by atoms with Gasteiger partial charge in [0.15, 0.2) is 11.7 Å². The molecule has 1 amide bonds. The number of nitrogens with zero attached hydrogens (tertiary/aromatic N) is 2. The summed E-state index contributed by atoms with van der Waals surface area (Å²) in [6, 6.07) is 3.36. The van der Waals surface area contributed by atoms with Gasteiger partial charge in [-0.2, -0.15) is 0 Å². The predicted octanol–water partition coefficient (Wildman–Crippen LogP) is 2.21. The largest absolute Gasteiger partial charge is 0.454 e. The fourth-order valence-corrected chi connectivity index (χ4v) is 3.42. The average Bonchev–Trinajstić information content (AvgIpc) is 3.19. The van der Waals surface area contributed by atoms with Crippen molar-refractivity contribution in [3.05, 3.63) is 23.7 Å². The number of furan rings is 1. The summed E-state index contributed by atoms with van der Waals surface area (Å²) in [7, 11) is 1.80. The van der Waals surface area contributed by atoms with Crippen molar-refractivity contribution in [3.8, 4) is 0 Å². The van der Waals surface area contributed by atoms with Crippen LogP contribution in [0.2, 0.25) is 0 Å². The predicted molar refractivity (Wildman–Crippen MR) is 91.2 cm³/mol. The number of carbonyl (C=O) groups is 1. The maximum atomic E-state index is 11.1. The van der Waals surface area contributed by atoms with Crippen molar-refractivity contribution in [1.82, 2.24) is 10.2 Å². The van der Waals surface area contributed by atoms with Gasteiger partial charge in [0, 0.05) is 20.1 Å². The van der Waals surface area contributed by atoms with E-state index < -0.39 is 5.91 Å². The van der Waals surface area contributed by atoms with Gasteiger partial charge in [0.2, 0.25) is 0 Å². The molecule has 1 saturated heterocycles. The van der Waals surface area contributed by atoms with Crippen molar-refractivity contribution in [1.29, 1.82) is 0 Å². The first-order chi connectivity index (χ1) is 11.1. The number of hydrogen-bond donors (Lipinski definition) is 2. The highest BCUT2D eigenvalue weighted by molar-refractivity contribution is 5.89. The van der Waals surface area contributed by atoms with E-state index in [0.29, 0.717) is 12.3 Å². The highest BCUT2D eigenvalue weighted by Crippen LogP contribution is 2.28. The summed E-state index contributed by atoms with van der Waals surface area (Å²) in [5, 5.41) is 3.31. The van der Waals surface area contributed by atoms with E-state index in [9.17, 15) is 4.79 Å². The second-order valence-corrected chi connectivity index (χ2v) is 6.10. The standard InChI is InChI=1S/C17H28N4O2/c1-4-12(5-2)13-8-9-21(11-13)17(19-3)20-10-14-6-7-15(23-14)16(18)22/h6-7,12-13H,4-5,8-11H2,1-3H3,(H2,18,22)(H,19,20). The first-order valence-corrected chi connectivity index (χ1v) is 8.43. The van der Waals surface area contributed by atoms with Crippen LogP contribution in [-0.2, 0) is 6.54 Å². The van der Waals surface area contributed by atoms with E-state index in [1.165, 1.54) is 19.3 Å². The molecule has 1 aromatic rings. The molecule has 2 rings (SSSR count). The molecule has 1 aliphatic heterocycles. The topological polar surface area (TPSA) is 83.9 Å². The number of guanidine groups is 1. The zero-order valence-electron chi connectivity index (χ0n) is 14.3. The lowest BCUT2D eigenvalue weighted by atomic mass is 9.87. The van der Waals surface area contributed by atoms with Gasteiger partial charge >= 0.3 is 0 Å². The molecular formula is C17H28N4O2. The van der Waals surface area contributed by atoms with Crippen LogP contribution in [0.1, 0.15) is 49.4 Å². The number of aliphatic imine (C=N–C) groups is 1. The summed E-state index contributed by atoms with van der Waals surface area (Å²) in [6.07, 6.45) is 3.70. The van der Waals surface area contributed by atoms with E-state index in [1.807, 2.05) is 0 Å². The number of hydrogen-bond acceptors (Lipinski definition) is 3. The minimum Gasteiger partial charge on any atom is -0.454 e. The molecule has 1 atom stereocenters. The molecule has 6 heteroatoms. The molecule has 128 valence electrons. The lowest BCUT2D eigenvalue weighted by Crippen LogP contribution is -2.40. The van der Waals surface area contributed by atoms with Gasteiger partial charge in [0.25, 0.3) is 5.91 Å². The third-order valence-corrected chi connectivity index (χ3v) is 4.78. The Bertz CT molecular complexity index is 549. The van der Waals surface area contributed by atoms with Crippen LogP contribution < -0.4 is 11.1 Å². The zero-order valence-corrected chi connectivity index (χ0v) is 14.3. The Morgan fingerprint density at radius 3 is 2.78 bits per heavy atom. The van der Waals surface area contributed by atoms with Crippen LogP contribution in [0.5, 0.6) is 0 Å². The Kier molecular flexibility index (Phi) is 6.07. The van der Waals surface area contributed by atoms with Crippen molar-refractivity contribution in [2.24, 2.45) is 22.6 Å².